The van der Waals surface area contributed by atoms with E-state index in [1.165, 1.54) is 0 Å². The summed E-state index contributed by atoms with van der Waals surface area (Å²) in [4.78, 5) is 28.0. The number of nitrogens with zero attached hydrogens (tertiary/aromatic N) is 1. The third kappa shape index (κ3) is 5.30. The van der Waals surface area contributed by atoms with Gasteiger partial charge in [0, 0.05) is 12.6 Å². The van der Waals surface area contributed by atoms with Gasteiger partial charge >= 0.3 is 0 Å². The maximum atomic E-state index is 13.4. The molecule has 1 atom stereocenters. The van der Waals surface area contributed by atoms with Crippen LogP contribution in [-0.2, 0) is 11.3 Å². The van der Waals surface area contributed by atoms with Crippen molar-refractivity contribution in [2.24, 2.45) is 5.92 Å². The standard InChI is InChI=1S/C23H27ClN2O3/c1-15(2)21(25-22(27)19-6-4-5-7-20(19)24)23(28)26(17-10-11-17)14-16-8-12-18(29-3)13-9-16/h4-9,12-13,15,17,21H,10-11,14H2,1-3H3,(H,25,27). The SMILES string of the molecule is COc1ccc(CN(C(=O)C(NC(=O)c2ccccc2Cl)C(C)C)C2CC2)cc1. The third-order valence-corrected chi connectivity index (χ3v) is 5.45. The first-order valence-corrected chi connectivity index (χ1v) is 10.3. The van der Waals surface area contributed by atoms with Gasteiger partial charge in [-0.2, -0.15) is 0 Å². The van der Waals surface area contributed by atoms with Crippen LogP contribution in [0.25, 0.3) is 0 Å². The second-order valence-corrected chi connectivity index (χ2v) is 8.13. The summed E-state index contributed by atoms with van der Waals surface area (Å²) in [7, 11) is 1.63. The maximum Gasteiger partial charge on any atom is 0.253 e. The van der Waals surface area contributed by atoms with Crippen molar-refractivity contribution in [1.82, 2.24) is 10.2 Å². The van der Waals surface area contributed by atoms with Gasteiger partial charge in [-0.1, -0.05) is 49.7 Å². The molecule has 0 radical (unpaired) electrons. The number of carbonyl (C=O) groups excluding carboxylic acids is 2. The predicted molar refractivity (Wildman–Crippen MR) is 114 cm³/mol. The molecule has 2 amide bonds. The van der Waals surface area contributed by atoms with Crippen LogP contribution in [0.15, 0.2) is 48.5 Å². The lowest BCUT2D eigenvalue weighted by Gasteiger charge is -2.30. The van der Waals surface area contributed by atoms with Crippen LogP contribution in [0, 0.1) is 5.92 Å². The van der Waals surface area contributed by atoms with E-state index < -0.39 is 6.04 Å². The van der Waals surface area contributed by atoms with E-state index in [-0.39, 0.29) is 23.8 Å². The van der Waals surface area contributed by atoms with Gasteiger partial charge in [0.1, 0.15) is 11.8 Å². The fourth-order valence-electron chi connectivity index (χ4n) is 3.26. The molecule has 0 bridgehead atoms. The Morgan fingerprint density at radius 2 is 1.79 bits per heavy atom. The van der Waals surface area contributed by atoms with Gasteiger partial charge in [-0.25, -0.2) is 0 Å². The van der Waals surface area contributed by atoms with Crippen molar-refractivity contribution in [2.75, 3.05) is 7.11 Å². The number of halogens is 1. The molecule has 1 unspecified atom stereocenters. The van der Waals surface area contributed by atoms with Crippen LogP contribution < -0.4 is 10.1 Å². The second-order valence-electron chi connectivity index (χ2n) is 7.72. The van der Waals surface area contributed by atoms with Crippen molar-refractivity contribution in [3.8, 4) is 5.75 Å². The Balaban J connectivity index is 1.76. The van der Waals surface area contributed by atoms with E-state index >= 15 is 0 Å². The number of rotatable bonds is 8. The van der Waals surface area contributed by atoms with Gasteiger partial charge in [-0.3, -0.25) is 9.59 Å². The Labute approximate surface area is 177 Å². The van der Waals surface area contributed by atoms with E-state index in [9.17, 15) is 9.59 Å². The van der Waals surface area contributed by atoms with E-state index in [1.54, 1.807) is 31.4 Å². The lowest BCUT2D eigenvalue weighted by Crippen LogP contribution is -2.51. The lowest BCUT2D eigenvalue weighted by molar-refractivity contribution is -0.135. The average Bonchev–Trinajstić information content (AvgIpc) is 3.55. The zero-order valence-electron chi connectivity index (χ0n) is 17.0. The smallest absolute Gasteiger partial charge is 0.253 e. The maximum absolute atomic E-state index is 13.4. The summed E-state index contributed by atoms with van der Waals surface area (Å²) >= 11 is 6.15. The number of amides is 2. The molecule has 5 nitrogen and oxygen atoms in total. The Kier molecular flexibility index (Phi) is 6.80. The van der Waals surface area contributed by atoms with Crippen molar-refractivity contribution in [3.05, 3.63) is 64.7 Å². The molecule has 1 fully saturated rings. The van der Waals surface area contributed by atoms with Gasteiger partial charge in [0.15, 0.2) is 0 Å². The first kappa shape index (κ1) is 21.2. The van der Waals surface area contributed by atoms with Gasteiger partial charge in [0.05, 0.1) is 17.7 Å². The molecule has 29 heavy (non-hydrogen) atoms. The molecule has 0 aromatic heterocycles. The Morgan fingerprint density at radius 3 is 2.34 bits per heavy atom. The van der Waals surface area contributed by atoms with Crippen LogP contribution in [-0.4, -0.2) is 35.9 Å². The average molecular weight is 415 g/mol. The van der Waals surface area contributed by atoms with Crippen molar-refractivity contribution >= 4 is 23.4 Å². The molecule has 154 valence electrons. The molecule has 0 spiro atoms. The molecule has 0 heterocycles. The first-order chi connectivity index (χ1) is 13.9. The molecule has 6 heteroatoms. The highest BCUT2D eigenvalue weighted by molar-refractivity contribution is 6.33. The summed E-state index contributed by atoms with van der Waals surface area (Å²) in [5.74, 6) is 0.345. The van der Waals surface area contributed by atoms with Crippen LogP contribution in [0.4, 0.5) is 0 Å². The number of ether oxygens (including phenoxy) is 1. The van der Waals surface area contributed by atoms with Gasteiger partial charge in [-0.15, -0.1) is 0 Å². The zero-order chi connectivity index (χ0) is 21.0. The molecular formula is C23H27ClN2O3. The van der Waals surface area contributed by atoms with E-state index in [1.807, 2.05) is 43.0 Å². The zero-order valence-corrected chi connectivity index (χ0v) is 17.8. The number of carbonyl (C=O) groups is 2. The third-order valence-electron chi connectivity index (χ3n) is 5.12. The summed E-state index contributed by atoms with van der Waals surface area (Å²) in [6.45, 7) is 4.39. The van der Waals surface area contributed by atoms with Crippen molar-refractivity contribution in [1.29, 1.82) is 0 Å². The minimum Gasteiger partial charge on any atom is -0.497 e. The Bertz CT molecular complexity index is 863. The van der Waals surface area contributed by atoms with Gasteiger partial charge in [-0.05, 0) is 48.6 Å². The monoisotopic (exact) mass is 414 g/mol. The minimum atomic E-state index is -0.613. The Morgan fingerprint density at radius 1 is 1.14 bits per heavy atom. The normalized spacial score (nSPS) is 14.4. The van der Waals surface area contributed by atoms with Gasteiger partial charge in [0.25, 0.3) is 5.91 Å². The van der Waals surface area contributed by atoms with E-state index in [0.29, 0.717) is 17.1 Å². The molecule has 2 aromatic rings. The van der Waals surface area contributed by atoms with E-state index in [4.69, 9.17) is 16.3 Å². The van der Waals surface area contributed by atoms with Crippen molar-refractivity contribution in [3.63, 3.8) is 0 Å². The van der Waals surface area contributed by atoms with Crippen molar-refractivity contribution in [2.45, 2.75) is 45.3 Å². The van der Waals surface area contributed by atoms with Crippen LogP contribution in [0.5, 0.6) is 5.75 Å². The van der Waals surface area contributed by atoms with E-state index in [2.05, 4.69) is 5.32 Å². The van der Waals surface area contributed by atoms with Crippen LogP contribution in [0.1, 0.15) is 42.6 Å². The minimum absolute atomic E-state index is 0.0499. The van der Waals surface area contributed by atoms with Gasteiger partial charge < -0.3 is 15.0 Å². The molecular weight excluding hydrogens is 388 g/mol. The number of benzene rings is 2. The van der Waals surface area contributed by atoms with Crippen LogP contribution in [0.3, 0.4) is 0 Å². The molecule has 1 aliphatic rings. The van der Waals surface area contributed by atoms with Crippen molar-refractivity contribution < 1.29 is 14.3 Å². The second kappa shape index (κ2) is 9.31. The number of hydrogen-bond donors (Lipinski definition) is 1. The molecule has 1 saturated carbocycles. The quantitative estimate of drug-likeness (QED) is 0.700. The molecule has 0 aliphatic heterocycles. The fourth-order valence-corrected chi connectivity index (χ4v) is 3.48. The first-order valence-electron chi connectivity index (χ1n) is 9.89. The van der Waals surface area contributed by atoms with Crippen LogP contribution >= 0.6 is 11.6 Å². The largest absolute Gasteiger partial charge is 0.497 e. The molecule has 1 aliphatic carbocycles. The summed E-state index contributed by atoms with van der Waals surface area (Å²) in [5.41, 5.74) is 1.41. The highest BCUT2D eigenvalue weighted by Gasteiger charge is 2.37. The summed E-state index contributed by atoms with van der Waals surface area (Å²) < 4.78 is 5.21. The van der Waals surface area contributed by atoms with Crippen LogP contribution in [0.2, 0.25) is 5.02 Å². The fraction of sp³-hybridized carbons (Fsp3) is 0.391. The predicted octanol–water partition coefficient (Wildman–Crippen LogP) is 4.29. The van der Waals surface area contributed by atoms with Gasteiger partial charge in [0.2, 0.25) is 5.91 Å². The molecule has 2 aromatic carbocycles. The summed E-state index contributed by atoms with van der Waals surface area (Å²) in [6, 6.07) is 14.2. The Hall–Kier alpha value is -2.53. The summed E-state index contributed by atoms with van der Waals surface area (Å²) in [6.07, 6.45) is 1.98. The number of hydrogen-bond acceptors (Lipinski definition) is 3. The molecule has 3 rings (SSSR count). The topological polar surface area (TPSA) is 58.6 Å². The molecule has 0 saturated heterocycles. The molecule has 1 N–H and O–H groups in total. The number of methoxy groups -OCH3 is 1. The highest BCUT2D eigenvalue weighted by atomic mass is 35.5. The highest BCUT2D eigenvalue weighted by Crippen LogP contribution is 2.30. The van der Waals surface area contributed by atoms with E-state index in [0.717, 1.165) is 24.2 Å². The summed E-state index contributed by atoms with van der Waals surface area (Å²) in [5, 5.41) is 3.28. The number of nitrogens with one attached hydrogen (secondary N) is 1. The lowest BCUT2D eigenvalue weighted by atomic mass is 10.0.